The van der Waals surface area contributed by atoms with Crippen molar-refractivity contribution in [1.82, 2.24) is 19.9 Å². The summed E-state index contributed by atoms with van der Waals surface area (Å²) in [4.78, 5) is 8.49. The van der Waals surface area contributed by atoms with Crippen molar-refractivity contribution in [3.63, 3.8) is 0 Å². The molecular weight excluding hydrogens is 469 g/mol. The first-order valence-electron chi connectivity index (χ1n) is 10.3. The van der Waals surface area contributed by atoms with Gasteiger partial charge < -0.3 is 14.6 Å². The predicted molar refractivity (Wildman–Crippen MR) is 119 cm³/mol. The van der Waals surface area contributed by atoms with Crippen LogP contribution in [0, 0.1) is 5.82 Å². The molecule has 176 valence electrons. The highest BCUT2D eigenvalue weighted by Crippen LogP contribution is 2.36. The van der Waals surface area contributed by atoms with E-state index in [9.17, 15) is 17.2 Å². The number of pyridine rings is 1. The van der Waals surface area contributed by atoms with E-state index in [0.717, 1.165) is 6.26 Å². The Balaban J connectivity index is 1.65. The summed E-state index contributed by atoms with van der Waals surface area (Å²) in [5, 5.41) is 3.12. The molecule has 0 amide bonds. The quantitative estimate of drug-likeness (QED) is 0.458. The number of imidazole rings is 1. The van der Waals surface area contributed by atoms with E-state index in [1.165, 1.54) is 30.5 Å². The molecule has 0 saturated heterocycles. The van der Waals surface area contributed by atoms with Crippen LogP contribution in [0.2, 0.25) is 0 Å². The number of aromatic nitrogens is 3. The summed E-state index contributed by atoms with van der Waals surface area (Å²) in [6.07, 6.45) is 2.35. The van der Waals surface area contributed by atoms with Crippen molar-refractivity contribution >= 4 is 20.9 Å². The third kappa shape index (κ3) is 4.01. The molecule has 0 spiro atoms. The fourth-order valence-electron chi connectivity index (χ4n) is 4.24. The number of alkyl halides is 2. The maximum atomic E-state index is 15.0. The minimum Gasteiger partial charge on any atom is -0.434 e. The van der Waals surface area contributed by atoms with Gasteiger partial charge in [0.25, 0.3) is 0 Å². The molecule has 0 saturated carbocycles. The zero-order chi connectivity index (χ0) is 24.0. The summed E-state index contributed by atoms with van der Waals surface area (Å²) in [6, 6.07) is 11.9. The Morgan fingerprint density at radius 3 is 2.68 bits per heavy atom. The van der Waals surface area contributed by atoms with Crippen LogP contribution in [0.4, 0.5) is 13.2 Å². The highest BCUT2D eigenvalue weighted by atomic mass is 32.2. The largest absolute Gasteiger partial charge is 0.434 e. The highest BCUT2D eigenvalue weighted by molar-refractivity contribution is 7.90. The molecule has 0 fully saturated rings. The topological polar surface area (TPSA) is 86.1 Å². The lowest BCUT2D eigenvalue weighted by Crippen LogP contribution is -2.34. The molecule has 2 aromatic heterocycles. The number of nitrogens with one attached hydrogen (secondary N) is 1. The summed E-state index contributed by atoms with van der Waals surface area (Å²) < 4.78 is 71.1. The molecule has 34 heavy (non-hydrogen) atoms. The Kier molecular flexibility index (Phi) is 5.53. The molecule has 11 heteroatoms. The van der Waals surface area contributed by atoms with Crippen LogP contribution >= 0.6 is 0 Å². The molecule has 0 radical (unpaired) electrons. The standard InChI is InChI=1S/C23H19F3N4O3S/c1-34(31,32)22-7-6-13(10-28-22)15-8-18-17(9-16(15)24)29-21-12-27-11-19(30(18)21)14-4-2-3-5-20(14)33-23(25)26/h2-10,19,23,27H,11-12H2,1H3/t19-/m0/s1. The molecule has 1 aliphatic rings. The van der Waals surface area contributed by atoms with E-state index in [2.05, 4.69) is 15.3 Å². The summed E-state index contributed by atoms with van der Waals surface area (Å²) in [6.45, 7) is -2.12. The average molecular weight is 488 g/mol. The maximum absolute atomic E-state index is 15.0. The van der Waals surface area contributed by atoms with Crippen molar-refractivity contribution in [2.75, 3.05) is 12.8 Å². The smallest absolute Gasteiger partial charge is 0.387 e. The number of hydrogen-bond donors (Lipinski definition) is 1. The summed E-state index contributed by atoms with van der Waals surface area (Å²) in [5.41, 5.74) is 2.18. The SMILES string of the molecule is CS(=O)(=O)c1ccc(-c2cc3c(cc2F)nc2n3[C@H](c3ccccc3OC(F)F)CNC2)cn1. The second kappa shape index (κ2) is 8.41. The Hall–Kier alpha value is -3.44. The Morgan fingerprint density at radius 1 is 1.18 bits per heavy atom. The monoisotopic (exact) mass is 488 g/mol. The second-order valence-electron chi connectivity index (χ2n) is 7.94. The fraction of sp³-hybridized carbons (Fsp3) is 0.217. The first-order chi connectivity index (χ1) is 16.2. The molecule has 0 aliphatic carbocycles. The van der Waals surface area contributed by atoms with Crippen LogP contribution < -0.4 is 10.1 Å². The predicted octanol–water partition coefficient (Wildman–Crippen LogP) is 3.93. The van der Waals surface area contributed by atoms with Crippen molar-refractivity contribution < 1.29 is 26.3 Å². The van der Waals surface area contributed by atoms with Crippen LogP contribution in [-0.4, -0.2) is 42.4 Å². The minimum atomic E-state index is -3.49. The molecule has 1 atom stereocenters. The van der Waals surface area contributed by atoms with Gasteiger partial charge in [-0.2, -0.15) is 8.78 Å². The van der Waals surface area contributed by atoms with Crippen LogP contribution in [0.15, 0.2) is 59.8 Å². The minimum absolute atomic E-state index is 0.0573. The van der Waals surface area contributed by atoms with Crippen molar-refractivity contribution in [1.29, 1.82) is 0 Å². The lowest BCUT2D eigenvalue weighted by molar-refractivity contribution is -0.0507. The van der Waals surface area contributed by atoms with E-state index in [4.69, 9.17) is 4.74 Å². The molecule has 4 aromatic rings. The maximum Gasteiger partial charge on any atom is 0.387 e. The highest BCUT2D eigenvalue weighted by Gasteiger charge is 2.28. The second-order valence-corrected chi connectivity index (χ2v) is 9.90. The molecular formula is C23H19F3N4O3S. The van der Waals surface area contributed by atoms with E-state index < -0.39 is 28.3 Å². The van der Waals surface area contributed by atoms with Gasteiger partial charge in [-0.05, 0) is 24.3 Å². The third-order valence-corrected chi connectivity index (χ3v) is 6.71. The van der Waals surface area contributed by atoms with Gasteiger partial charge in [0.05, 0.1) is 23.6 Å². The number of hydrogen-bond acceptors (Lipinski definition) is 6. The van der Waals surface area contributed by atoms with E-state index in [0.29, 0.717) is 41.1 Å². The van der Waals surface area contributed by atoms with Crippen LogP contribution in [0.5, 0.6) is 5.75 Å². The molecule has 1 aliphatic heterocycles. The lowest BCUT2D eigenvalue weighted by Gasteiger charge is -2.28. The van der Waals surface area contributed by atoms with Gasteiger partial charge in [-0.15, -0.1) is 0 Å². The van der Waals surface area contributed by atoms with Gasteiger partial charge in [0, 0.05) is 41.8 Å². The van der Waals surface area contributed by atoms with Gasteiger partial charge in [0.1, 0.15) is 17.4 Å². The molecule has 0 bridgehead atoms. The van der Waals surface area contributed by atoms with E-state index in [-0.39, 0.29) is 16.3 Å². The Bertz CT molecular complexity index is 1490. The fourth-order valence-corrected chi connectivity index (χ4v) is 4.80. The normalized spacial score (nSPS) is 16.1. The number of ether oxygens (including phenoxy) is 1. The number of halogens is 3. The number of benzene rings is 2. The van der Waals surface area contributed by atoms with Gasteiger partial charge in [-0.1, -0.05) is 18.2 Å². The van der Waals surface area contributed by atoms with Gasteiger partial charge in [-0.25, -0.2) is 22.8 Å². The van der Waals surface area contributed by atoms with Crippen molar-refractivity contribution in [3.8, 4) is 16.9 Å². The lowest BCUT2D eigenvalue weighted by atomic mass is 10.0. The van der Waals surface area contributed by atoms with Gasteiger partial charge in [0.15, 0.2) is 14.9 Å². The summed E-state index contributed by atoms with van der Waals surface area (Å²) >= 11 is 0. The number of fused-ring (bicyclic) bond motifs is 3. The van der Waals surface area contributed by atoms with E-state index in [1.807, 2.05) is 4.57 Å². The number of rotatable bonds is 5. The Morgan fingerprint density at radius 2 is 1.97 bits per heavy atom. The molecule has 5 rings (SSSR count). The molecule has 1 N–H and O–H groups in total. The first-order valence-corrected chi connectivity index (χ1v) is 12.2. The average Bonchev–Trinajstić information content (AvgIpc) is 3.15. The molecule has 7 nitrogen and oxygen atoms in total. The number of nitrogens with zero attached hydrogens (tertiary/aromatic N) is 3. The zero-order valence-corrected chi connectivity index (χ0v) is 18.7. The number of para-hydroxylation sites is 1. The van der Waals surface area contributed by atoms with Gasteiger partial charge in [-0.3, -0.25) is 0 Å². The number of sulfone groups is 1. The third-order valence-electron chi connectivity index (χ3n) is 5.71. The van der Waals surface area contributed by atoms with Gasteiger partial charge >= 0.3 is 6.61 Å². The van der Waals surface area contributed by atoms with Crippen LogP contribution in [0.1, 0.15) is 17.4 Å². The van der Waals surface area contributed by atoms with E-state index >= 15 is 4.39 Å². The van der Waals surface area contributed by atoms with Gasteiger partial charge in [0.2, 0.25) is 0 Å². The molecule has 3 heterocycles. The van der Waals surface area contributed by atoms with Crippen LogP contribution in [0.3, 0.4) is 0 Å². The van der Waals surface area contributed by atoms with Crippen LogP contribution in [-0.2, 0) is 16.4 Å². The van der Waals surface area contributed by atoms with Crippen molar-refractivity contribution in [3.05, 3.63) is 71.9 Å². The summed E-state index contributed by atoms with van der Waals surface area (Å²) in [5.74, 6) is 0.143. The zero-order valence-electron chi connectivity index (χ0n) is 17.9. The molecule has 2 aromatic carbocycles. The van der Waals surface area contributed by atoms with Crippen molar-refractivity contribution in [2.24, 2.45) is 0 Å². The van der Waals surface area contributed by atoms with Crippen molar-refractivity contribution in [2.45, 2.75) is 24.2 Å². The first kappa shape index (κ1) is 22.4. The molecule has 0 unspecified atom stereocenters. The van der Waals surface area contributed by atoms with E-state index in [1.54, 1.807) is 24.3 Å². The van der Waals surface area contributed by atoms with Crippen LogP contribution in [0.25, 0.3) is 22.2 Å². The Labute approximate surface area is 193 Å². The summed E-state index contributed by atoms with van der Waals surface area (Å²) in [7, 11) is -3.49.